The van der Waals surface area contributed by atoms with Crippen LogP contribution in [0, 0.1) is 12.8 Å². The van der Waals surface area contributed by atoms with Gasteiger partial charge >= 0.3 is 6.03 Å². The van der Waals surface area contributed by atoms with Gasteiger partial charge in [0.15, 0.2) is 5.50 Å². The number of thioether (sulfide) groups is 1. The van der Waals surface area contributed by atoms with E-state index in [1.165, 1.54) is 0 Å². The number of carbonyl (C=O) groups excluding carboxylic acids is 2. The molecule has 2 aromatic heterocycles. The molecule has 1 aliphatic heterocycles. The second-order valence-corrected chi connectivity index (χ2v) is 12.2. The van der Waals surface area contributed by atoms with Crippen LogP contribution in [0.15, 0.2) is 59.8 Å². The first-order chi connectivity index (χ1) is 18.5. The third-order valence-electron chi connectivity index (χ3n) is 6.19. The van der Waals surface area contributed by atoms with Crippen LogP contribution in [0.2, 0.25) is 0 Å². The van der Waals surface area contributed by atoms with Crippen molar-refractivity contribution in [1.29, 1.82) is 0 Å². The first-order valence-electron chi connectivity index (χ1n) is 13.1. The molecular weight excluding hydrogens is 510 g/mol. The smallest absolute Gasteiger partial charge is 0.322 e. The molecule has 3 aromatic rings. The van der Waals surface area contributed by atoms with Gasteiger partial charge in [-0.3, -0.25) is 10.1 Å². The predicted octanol–water partition coefficient (Wildman–Crippen LogP) is 5.68. The zero-order valence-corrected chi connectivity index (χ0v) is 24.1. The summed E-state index contributed by atoms with van der Waals surface area (Å²) < 4.78 is 1.77. The summed E-state index contributed by atoms with van der Waals surface area (Å²) in [5.74, 6) is 1.01. The molecule has 1 atom stereocenters. The number of allylic oxidation sites excluding steroid dienone is 1. The largest absolute Gasteiger partial charge is 0.362 e. The average molecular weight is 548 g/mol. The Hall–Kier alpha value is -3.79. The van der Waals surface area contributed by atoms with Crippen molar-refractivity contribution >= 4 is 35.3 Å². The van der Waals surface area contributed by atoms with Crippen LogP contribution in [0.5, 0.6) is 0 Å². The highest BCUT2D eigenvalue weighted by Crippen LogP contribution is 2.29. The van der Waals surface area contributed by atoms with Crippen LogP contribution in [0.4, 0.5) is 16.4 Å². The van der Waals surface area contributed by atoms with Gasteiger partial charge in [-0.05, 0) is 49.6 Å². The molecule has 0 aliphatic carbocycles. The first kappa shape index (κ1) is 28.2. The molecule has 1 unspecified atom stereocenters. The van der Waals surface area contributed by atoms with E-state index in [9.17, 15) is 9.59 Å². The van der Waals surface area contributed by atoms with Crippen LogP contribution in [0.25, 0.3) is 5.69 Å². The Morgan fingerprint density at radius 2 is 1.82 bits per heavy atom. The summed E-state index contributed by atoms with van der Waals surface area (Å²) in [5, 5.41) is 16.8. The maximum Gasteiger partial charge on any atom is 0.322 e. The molecule has 3 amide bonds. The molecule has 0 fully saturated rings. The van der Waals surface area contributed by atoms with Gasteiger partial charge in [0, 0.05) is 34.7 Å². The average Bonchev–Trinajstić information content (AvgIpc) is 3.50. The van der Waals surface area contributed by atoms with E-state index < -0.39 is 0 Å². The summed E-state index contributed by atoms with van der Waals surface area (Å²) in [6.45, 7) is 12.0. The van der Waals surface area contributed by atoms with Crippen LogP contribution in [0.3, 0.4) is 0 Å². The Bertz CT molecular complexity index is 1360. The number of benzene rings is 1. The minimum Gasteiger partial charge on any atom is -0.362 e. The third-order valence-corrected chi connectivity index (χ3v) is 7.30. The Kier molecular flexibility index (Phi) is 8.64. The second-order valence-electron chi connectivity index (χ2n) is 11.0. The summed E-state index contributed by atoms with van der Waals surface area (Å²) in [6.07, 6.45) is 5.24. The number of nitrogens with zero attached hydrogens (tertiary/aromatic N) is 3. The molecule has 10 heteroatoms. The first-order valence-corrected chi connectivity index (χ1v) is 14.0. The minimum atomic E-state index is -0.317. The molecular formula is C29H37N7O2S. The zero-order chi connectivity index (χ0) is 28.2. The SMILES string of the molecule is Cc1ccc(-n2nc(C(C)(C)C)cc2NC(=O)NC2NC=C(CCc3ccnc(NC(=O)C(C)C)c3)S2)cc1. The zero-order valence-electron chi connectivity index (χ0n) is 23.3. The van der Waals surface area contributed by atoms with Gasteiger partial charge in [0.2, 0.25) is 5.91 Å². The van der Waals surface area contributed by atoms with Crippen molar-refractivity contribution in [1.82, 2.24) is 25.4 Å². The fraction of sp³-hybridized carbons (Fsp3) is 0.379. The van der Waals surface area contributed by atoms with Gasteiger partial charge in [-0.25, -0.2) is 14.5 Å². The van der Waals surface area contributed by atoms with E-state index in [0.717, 1.165) is 40.3 Å². The van der Waals surface area contributed by atoms with Crippen molar-refractivity contribution in [3.63, 3.8) is 0 Å². The Morgan fingerprint density at radius 3 is 2.51 bits per heavy atom. The van der Waals surface area contributed by atoms with Crippen LogP contribution in [-0.2, 0) is 16.6 Å². The number of hydrogen-bond donors (Lipinski definition) is 4. The number of amides is 3. The minimum absolute atomic E-state index is 0.0540. The van der Waals surface area contributed by atoms with E-state index in [-0.39, 0.29) is 28.8 Å². The quantitative estimate of drug-likeness (QED) is 0.288. The number of hydrogen-bond acceptors (Lipinski definition) is 6. The van der Waals surface area contributed by atoms with Gasteiger partial charge in [-0.15, -0.1) is 0 Å². The molecule has 4 rings (SSSR count). The predicted molar refractivity (Wildman–Crippen MR) is 158 cm³/mol. The Balaban J connectivity index is 1.32. The summed E-state index contributed by atoms with van der Waals surface area (Å²) >= 11 is 1.57. The van der Waals surface area contributed by atoms with Gasteiger partial charge in [-0.1, -0.05) is 64.1 Å². The van der Waals surface area contributed by atoms with Crippen molar-refractivity contribution in [2.75, 3.05) is 10.6 Å². The van der Waals surface area contributed by atoms with E-state index in [1.54, 1.807) is 22.6 Å². The highest BCUT2D eigenvalue weighted by Gasteiger charge is 2.23. The van der Waals surface area contributed by atoms with E-state index in [1.807, 2.05) is 69.4 Å². The highest BCUT2D eigenvalue weighted by molar-refractivity contribution is 8.03. The van der Waals surface area contributed by atoms with Crippen LogP contribution >= 0.6 is 11.8 Å². The number of carbonyl (C=O) groups is 2. The standard InChI is InChI=1S/C29H37N7O2S/c1-18(2)26(37)32-24-15-20(13-14-30-24)9-12-22-17-31-28(39-22)34-27(38)33-25-16-23(29(4,5)6)35-36(25)21-10-7-19(3)8-11-21/h7-8,10-11,13-18,28,31H,9,12H2,1-6H3,(H,30,32,37)(H2,33,34,38). The molecule has 9 nitrogen and oxygen atoms in total. The van der Waals surface area contributed by atoms with E-state index in [0.29, 0.717) is 11.6 Å². The fourth-order valence-electron chi connectivity index (χ4n) is 3.82. The lowest BCUT2D eigenvalue weighted by atomic mass is 9.92. The molecule has 0 saturated heterocycles. The molecule has 3 heterocycles. The van der Waals surface area contributed by atoms with Gasteiger partial charge in [0.25, 0.3) is 0 Å². The lowest BCUT2D eigenvalue weighted by Gasteiger charge is -2.15. The van der Waals surface area contributed by atoms with E-state index >= 15 is 0 Å². The molecule has 1 aromatic carbocycles. The Morgan fingerprint density at radius 1 is 1.08 bits per heavy atom. The normalized spacial score (nSPS) is 15.1. The molecule has 0 saturated carbocycles. The molecule has 1 aliphatic rings. The van der Waals surface area contributed by atoms with Gasteiger partial charge < -0.3 is 16.0 Å². The second kappa shape index (κ2) is 11.9. The summed E-state index contributed by atoms with van der Waals surface area (Å²) in [6, 6.07) is 13.5. The number of urea groups is 1. The van der Waals surface area contributed by atoms with Gasteiger partial charge in [0.05, 0.1) is 11.4 Å². The maximum atomic E-state index is 12.9. The van der Waals surface area contributed by atoms with Crippen LogP contribution < -0.4 is 21.3 Å². The Labute approximate surface area is 234 Å². The third kappa shape index (κ3) is 7.63. The molecule has 0 radical (unpaired) electrons. The monoisotopic (exact) mass is 547 g/mol. The van der Waals surface area contributed by atoms with Crippen molar-refractivity contribution < 1.29 is 9.59 Å². The summed E-state index contributed by atoms with van der Waals surface area (Å²) in [5.41, 5.74) is 3.56. The number of nitrogens with one attached hydrogen (secondary N) is 4. The van der Waals surface area contributed by atoms with Crippen molar-refractivity contribution in [2.45, 2.75) is 65.3 Å². The topological polar surface area (TPSA) is 113 Å². The van der Waals surface area contributed by atoms with Crippen molar-refractivity contribution in [3.8, 4) is 5.69 Å². The van der Waals surface area contributed by atoms with E-state index in [2.05, 4.69) is 47.0 Å². The van der Waals surface area contributed by atoms with Gasteiger partial charge in [-0.2, -0.15) is 5.10 Å². The molecule has 0 spiro atoms. The molecule has 0 bridgehead atoms. The van der Waals surface area contributed by atoms with E-state index in [4.69, 9.17) is 5.10 Å². The number of anilines is 2. The van der Waals surface area contributed by atoms with Gasteiger partial charge in [0.1, 0.15) is 11.6 Å². The summed E-state index contributed by atoms with van der Waals surface area (Å²) in [4.78, 5) is 30.3. The number of rotatable bonds is 8. The summed E-state index contributed by atoms with van der Waals surface area (Å²) in [7, 11) is 0. The lowest BCUT2D eigenvalue weighted by Crippen LogP contribution is -2.41. The highest BCUT2D eigenvalue weighted by atomic mass is 32.2. The maximum absolute atomic E-state index is 12.9. The lowest BCUT2D eigenvalue weighted by molar-refractivity contribution is -0.118. The number of aromatic nitrogens is 3. The molecule has 206 valence electrons. The van der Waals surface area contributed by atoms with Crippen molar-refractivity contribution in [3.05, 3.63) is 76.6 Å². The van der Waals surface area contributed by atoms with Crippen LogP contribution in [-0.4, -0.2) is 32.2 Å². The number of pyridine rings is 1. The fourth-order valence-corrected chi connectivity index (χ4v) is 4.78. The number of aryl methyl sites for hydroxylation is 2. The van der Waals surface area contributed by atoms with Crippen molar-refractivity contribution in [2.24, 2.45) is 5.92 Å². The molecule has 4 N–H and O–H groups in total. The molecule has 39 heavy (non-hydrogen) atoms. The van der Waals surface area contributed by atoms with Crippen LogP contribution in [0.1, 0.15) is 57.9 Å².